The van der Waals surface area contributed by atoms with E-state index in [0.29, 0.717) is 0 Å². The average molecular weight is 109 g/mol. The van der Waals surface area contributed by atoms with Crippen LogP contribution in [0.3, 0.4) is 0 Å². The van der Waals surface area contributed by atoms with Gasteiger partial charge in [0.1, 0.15) is 0 Å². The van der Waals surface area contributed by atoms with Gasteiger partial charge in [0.2, 0.25) is 0 Å². The van der Waals surface area contributed by atoms with Crippen molar-refractivity contribution >= 4 is 6.21 Å². The van der Waals surface area contributed by atoms with Crippen LogP contribution in [0.5, 0.6) is 0 Å². The third-order valence-electron chi connectivity index (χ3n) is 2.49. The zero-order valence-electron chi connectivity index (χ0n) is 5.17. The van der Waals surface area contributed by atoms with Gasteiger partial charge in [-0.2, -0.15) is 0 Å². The van der Waals surface area contributed by atoms with E-state index in [9.17, 15) is 0 Å². The van der Waals surface area contributed by atoms with Gasteiger partial charge in [-0.05, 0) is 18.3 Å². The standard InChI is InChI=1S/C7H11N/c1-5-2-6-3-8-4-7(5)6/h4-7H,2-3H2,1H3. The highest BCUT2D eigenvalue weighted by Gasteiger charge is 2.38. The maximum Gasteiger partial charge on any atom is 0.0420 e. The highest BCUT2D eigenvalue weighted by Crippen LogP contribution is 2.41. The first-order valence-electron chi connectivity index (χ1n) is 3.38. The molecule has 1 aliphatic carbocycles. The van der Waals surface area contributed by atoms with Crippen LogP contribution >= 0.6 is 0 Å². The zero-order valence-corrected chi connectivity index (χ0v) is 5.17. The molecule has 0 N–H and O–H groups in total. The van der Waals surface area contributed by atoms with Crippen LogP contribution in [-0.2, 0) is 0 Å². The van der Waals surface area contributed by atoms with Crippen LogP contribution in [0.4, 0.5) is 0 Å². The van der Waals surface area contributed by atoms with E-state index < -0.39 is 0 Å². The SMILES string of the molecule is CC1CC2CN=CC12. The summed E-state index contributed by atoms with van der Waals surface area (Å²) in [6.07, 6.45) is 3.57. The lowest BCUT2D eigenvalue weighted by Gasteiger charge is -2.35. The Hall–Kier alpha value is -0.330. The predicted octanol–water partition coefficient (Wildman–Crippen LogP) is 1.34. The summed E-state index contributed by atoms with van der Waals surface area (Å²) in [7, 11) is 0. The van der Waals surface area contributed by atoms with Gasteiger partial charge < -0.3 is 0 Å². The molecule has 3 atom stereocenters. The van der Waals surface area contributed by atoms with Crippen LogP contribution in [0.1, 0.15) is 13.3 Å². The molecule has 0 spiro atoms. The maximum absolute atomic E-state index is 4.23. The van der Waals surface area contributed by atoms with E-state index >= 15 is 0 Å². The van der Waals surface area contributed by atoms with E-state index in [-0.39, 0.29) is 0 Å². The van der Waals surface area contributed by atoms with Crippen molar-refractivity contribution in [2.75, 3.05) is 6.54 Å². The number of hydrogen-bond acceptors (Lipinski definition) is 1. The first-order valence-corrected chi connectivity index (χ1v) is 3.38. The molecule has 2 aliphatic rings. The number of aliphatic imine (C=N–C) groups is 1. The number of fused-ring (bicyclic) bond motifs is 1. The summed E-state index contributed by atoms with van der Waals surface area (Å²) in [4.78, 5) is 4.23. The van der Waals surface area contributed by atoms with Crippen molar-refractivity contribution in [2.45, 2.75) is 13.3 Å². The minimum atomic E-state index is 0.870. The van der Waals surface area contributed by atoms with E-state index in [1.807, 2.05) is 0 Å². The Morgan fingerprint density at radius 2 is 2.50 bits per heavy atom. The summed E-state index contributed by atoms with van der Waals surface area (Å²) in [6.45, 7) is 3.44. The topological polar surface area (TPSA) is 12.4 Å². The molecule has 1 aliphatic heterocycles. The van der Waals surface area contributed by atoms with Gasteiger partial charge in [0.15, 0.2) is 0 Å². The van der Waals surface area contributed by atoms with Gasteiger partial charge in [0, 0.05) is 18.7 Å². The second kappa shape index (κ2) is 1.34. The van der Waals surface area contributed by atoms with Crippen molar-refractivity contribution in [2.24, 2.45) is 22.7 Å². The summed E-state index contributed by atoms with van der Waals surface area (Å²) in [5, 5.41) is 0. The van der Waals surface area contributed by atoms with Gasteiger partial charge in [-0.1, -0.05) is 6.92 Å². The van der Waals surface area contributed by atoms with E-state index in [0.717, 1.165) is 24.3 Å². The molecule has 1 saturated carbocycles. The summed E-state index contributed by atoms with van der Waals surface area (Å²) >= 11 is 0. The average Bonchev–Trinajstić information content (AvgIpc) is 2.09. The van der Waals surface area contributed by atoms with E-state index in [1.54, 1.807) is 0 Å². The van der Waals surface area contributed by atoms with Crippen molar-refractivity contribution in [1.29, 1.82) is 0 Å². The minimum absolute atomic E-state index is 0.870. The molecular formula is C7H11N. The predicted molar refractivity (Wildman–Crippen MR) is 34.1 cm³/mol. The molecule has 0 amide bonds. The van der Waals surface area contributed by atoms with E-state index in [2.05, 4.69) is 18.1 Å². The lowest BCUT2D eigenvalue weighted by molar-refractivity contribution is 0.175. The van der Waals surface area contributed by atoms with Gasteiger partial charge >= 0.3 is 0 Å². The first kappa shape index (κ1) is 4.54. The summed E-state index contributed by atoms with van der Waals surface area (Å²) in [6, 6.07) is 0. The van der Waals surface area contributed by atoms with Crippen LogP contribution in [0, 0.1) is 17.8 Å². The third-order valence-corrected chi connectivity index (χ3v) is 2.49. The molecule has 0 saturated heterocycles. The monoisotopic (exact) mass is 109 g/mol. The van der Waals surface area contributed by atoms with Crippen LogP contribution < -0.4 is 0 Å². The molecule has 0 radical (unpaired) electrons. The van der Waals surface area contributed by atoms with Crippen LogP contribution in [0.2, 0.25) is 0 Å². The molecule has 0 aromatic rings. The first-order chi connectivity index (χ1) is 3.88. The second-order valence-corrected chi connectivity index (χ2v) is 3.06. The Morgan fingerprint density at radius 1 is 1.62 bits per heavy atom. The molecule has 44 valence electrons. The molecule has 1 heterocycles. The van der Waals surface area contributed by atoms with Crippen molar-refractivity contribution in [3.8, 4) is 0 Å². The van der Waals surface area contributed by atoms with Gasteiger partial charge in [0.25, 0.3) is 0 Å². The summed E-state index contributed by atoms with van der Waals surface area (Å²) in [5.41, 5.74) is 0. The fourth-order valence-corrected chi connectivity index (χ4v) is 1.84. The Labute approximate surface area is 49.8 Å². The highest BCUT2D eigenvalue weighted by atomic mass is 14.8. The number of rotatable bonds is 0. The van der Waals surface area contributed by atoms with Gasteiger partial charge in [-0.25, -0.2) is 0 Å². The maximum atomic E-state index is 4.23. The third kappa shape index (κ3) is 0.396. The molecule has 0 aromatic heterocycles. The Kier molecular flexibility index (Phi) is 0.758. The number of hydrogen-bond donors (Lipinski definition) is 0. The van der Waals surface area contributed by atoms with Crippen LogP contribution in [-0.4, -0.2) is 12.8 Å². The fourth-order valence-electron chi connectivity index (χ4n) is 1.84. The molecule has 1 nitrogen and oxygen atoms in total. The van der Waals surface area contributed by atoms with Crippen molar-refractivity contribution in [3.05, 3.63) is 0 Å². The van der Waals surface area contributed by atoms with Crippen LogP contribution in [0.25, 0.3) is 0 Å². The van der Waals surface area contributed by atoms with Gasteiger partial charge in [-0.15, -0.1) is 0 Å². The van der Waals surface area contributed by atoms with Crippen molar-refractivity contribution in [3.63, 3.8) is 0 Å². The Morgan fingerprint density at radius 3 is 3.00 bits per heavy atom. The quantitative estimate of drug-likeness (QED) is 0.445. The van der Waals surface area contributed by atoms with E-state index in [4.69, 9.17) is 0 Å². The minimum Gasteiger partial charge on any atom is -0.297 e. The second-order valence-electron chi connectivity index (χ2n) is 3.06. The lowest BCUT2D eigenvalue weighted by atomic mass is 9.68. The highest BCUT2D eigenvalue weighted by molar-refractivity contribution is 5.65. The smallest absolute Gasteiger partial charge is 0.0420 e. The van der Waals surface area contributed by atoms with Gasteiger partial charge in [-0.3, -0.25) is 4.99 Å². The lowest BCUT2D eigenvalue weighted by Crippen LogP contribution is -2.33. The van der Waals surface area contributed by atoms with Gasteiger partial charge in [0.05, 0.1) is 0 Å². The molecule has 3 unspecified atom stereocenters. The number of nitrogens with zero attached hydrogens (tertiary/aromatic N) is 1. The molecule has 1 fully saturated rings. The molecule has 8 heavy (non-hydrogen) atoms. The largest absolute Gasteiger partial charge is 0.297 e. The zero-order chi connectivity index (χ0) is 5.56. The van der Waals surface area contributed by atoms with Crippen LogP contribution in [0.15, 0.2) is 4.99 Å². The molecule has 1 heteroatoms. The molecule has 0 bridgehead atoms. The molecule has 0 aromatic carbocycles. The molecular weight excluding hydrogens is 98.1 g/mol. The van der Waals surface area contributed by atoms with Crippen molar-refractivity contribution in [1.82, 2.24) is 0 Å². The Bertz CT molecular complexity index is 128. The van der Waals surface area contributed by atoms with Crippen molar-refractivity contribution < 1.29 is 0 Å². The fraction of sp³-hybridized carbons (Fsp3) is 0.857. The summed E-state index contributed by atoms with van der Waals surface area (Å²) < 4.78 is 0. The normalized spacial score (nSPS) is 50.9. The Balaban J connectivity index is 2.10. The van der Waals surface area contributed by atoms with E-state index in [1.165, 1.54) is 6.42 Å². The summed E-state index contributed by atoms with van der Waals surface area (Å²) in [5.74, 6) is 2.76. The molecule has 2 rings (SSSR count).